The molecule has 2 rings (SSSR count). The van der Waals surface area contributed by atoms with Gasteiger partial charge in [-0.2, -0.15) is 0 Å². The Hall–Kier alpha value is -0.160. The Balaban J connectivity index is 1.77. The summed E-state index contributed by atoms with van der Waals surface area (Å²) < 4.78 is 5.35. The fourth-order valence-corrected chi connectivity index (χ4v) is 3.28. The van der Waals surface area contributed by atoms with Crippen LogP contribution in [0, 0.1) is 5.92 Å². The van der Waals surface area contributed by atoms with Crippen molar-refractivity contribution in [1.82, 2.24) is 9.80 Å². The van der Waals surface area contributed by atoms with Crippen LogP contribution in [-0.4, -0.2) is 73.0 Å². The molecule has 2 aliphatic rings. The van der Waals surface area contributed by atoms with Crippen molar-refractivity contribution in [2.45, 2.75) is 45.3 Å². The molecule has 3 atom stereocenters. The second-order valence-corrected chi connectivity index (χ2v) is 6.41. The summed E-state index contributed by atoms with van der Waals surface area (Å²) in [5.41, 5.74) is 0. The van der Waals surface area contributed by atoms with Crippen LogP contribution in [0.4, 0.5) is 0 Å². The van der Waals surface area contributed by atoms with E-state index in [1.54, 1.807) is 0 Å². The zero-order valence-electron chi connectivity index (χ0n) is 12.6. The van der Waals surface area contributed by atoms with E-state index in [4.69, 9.17) is 4.74 Å². The van der Waals surface area contributed by atoms with E-state index in [-0.39, 0.29) is 6.10 Å². The molecule has 2 aliphatic heterocycles. The summed E-state index contributed by atoms with van der Waals surface area (Å²) >= 11 is 0. The van der Waals surface area contributed by atoms with E-state index in [1.165, 1.54) is 19.3 Å². The highest BCUT2D eigenvalue weighted by atomic mass is 16.5. The second-order valence-electron chi connectivity index (χ2n) is 6.41. The summed E-state index contributed by atoms with van der Waals surface area (Å²) in [6.45, 7) is 10.9. The Morgan fingerprint density at radius 2 is 1.89 bits per heavy atom. The smallest absolute Gasteiger partial charge is 0.0793 e. The van der Waals surface area contributed by atoms with E-state index in [0.717, 1.165) is 51.9 Å². The van der Waals surface area contributed by atoms with Crippen LogP contribution in [0.3, 0.4) is 0 Å². The van der Waals surface area contributed by atoms with E-state index in [2.05, 4.69) is 23.6 Å². The van der Waals surface area contributed by atoms with Gasteiger partial charge in [-0.3, -0.25) is 9.80 Å². The van der Waals surface area contributed by atoms with Crippen molar-refractivity contribution >= 4 is 0 Å². The predicted molar refractivity (Wildman–Crippen MR) is 77.3 cm³/mol. The molecule has 4 heteroatoms. The van der Waals surface area contributed by atoms with Gasteiger partial charge in [0.15, 0.2) is 0 Å². The quantitative estimate of drug-likeness (QED) is 0.832. The molecule has 112 valence electrons. The number of morpholine rings is 1. The van der Waals surface area contributed by atoms with Crippen molar-refractivity contribution in [2.24, 2.45) is 5.92 Å². The lowest BCUT2D eigenvalue weighted by atomic mass is 10.1. The van der Waals surface area contributed by atoms with Gasteiger partial charge < -0.3 is 9.84 Å². The minimum atomic E-state index is -0.231. The minimum absolute atomic E-state index is 0.231. The monoisotopic (exact) mass is 270 g/mol. The lowest BCUT2D eigenvalue weighted by molar-refractivity contribution is 0.00300. The number of likely N-dealkylation sites (tertiary alicyclic amines) is 1. The molecule has 0 saturated carbocycles. The van der Waals surface area contributed by atoms with Gasteiger partial charge in [0, 0.05) is 38.8 Å². The summed E-state index contributed by atoms with van der Waals surface area (Å²) in [5.74, 6) is 0.764. The normalized spacial score (nSPS) is 33.0. The van der Waals surface area contributed by atoms with Crippen LogP contribution in [0.5, 0.6) is 0 Å². The largest absolute Gasteiger partial charge is 0.390 e. The number of β-amino-alcohol motifs (C(OH)–C–C–N with tert-alkyl or cyclic N) is 1. The second kappa shape index (κ2) is 7.58. The number of ether oxygens (including phenoxy) is 1. The highest BCUT2D eigenvalue weighted by molar-refractivity contribution is 4.78. The fraction of sp³-hybridized carbons (Fsp3) is 1.00. The Morgan fingerprint density at radius 1 is 1.16 bits per heavy atom. The Kier molecular flexibility index (Phi) is 6.07. The van der Waals surface area contributed by atoms with Crippen LogP contribution in [-0.2, 0) is 4.74 Å². The van der Waals surface area contributed by atoms with Crippen molar-refractivity contribution in [3.05, 3.63) is 0 Å². The summed E-state index contributed by atoms with van der Waals surface area (Å²) in [4.78, 5) is 4.81. The molecule has 19 heavy (non-hydrogen) atoms. The number of rotatable bonds is 4. The molecule has 0 amide bonds. The van der Waals surface area contributed by atoms with Gasteiger partial charge in [0.1, 0.15) is 0 Å². The van der Waals surface area contributed by atoms with Crippen LogP contribution >= 0.6 is 0 Å². The van der Waals surface area contributed by atoms with Crippen molar-refractivity contribution < 1.29 is 9.84 Å². The molecule has 0 bridgehead atoms. The van der Waals surface area contributed by atoms with Crippen molar-refractivity contribution in [3.63, 3.8) is 0 Å². The molecular weight excluding hydrogens is 240 g/mol. The third-order valence-corrected chi connectivity index (χ3v) is 4.51. The summed E-state index contributed by atoms with van der Waals surface area (Å²) in [7, 11) is 0. The first-order valence-corrected chi connectivity index (χ1v) is 7.87. The van der Waals surface area contributed by atoms with Gasteiger partial charge >= 0.3 is 0 Å². The third kappa shape index (κ3) is 5.03. The maximum atomic E-state index is 10.3. The van der Waals surface area contributed by atoms with Gasteiger partial charge in [0.25, 0.3) is 0 Å². The predicted octanol–water partition coefficient (Wildman–Crippen LogP) is 1.19. The molecule has 2 saturated heterocycles. The van der Waals surface area contributed by atoms with Crippen LogP contribution < -0.4 is 0 Å². The Morgan fingerprint density at radius 3 is 2.63 bits per heavy atom. The number of aliphatic hydroxyl groups excluding tert-OH is 1. The molecule has 4 nitrogen and oxygen atoms in total. The molecule has 2 heterocycles. The van der Waals surface area contributed by atoms with Crippen LogP contribution in [0.2, 0.25) is 0 Å². The zero-order chi connectivity index (χ0) is 13.7. The zero-order valence-corrected chi connectivity index (χ0v) is 12.6. The maximum absolute atomic E-state index is 10.3. The molecule has 0 aromatic heterocycles. The van der Waals surface area contributed by atoms with E-state index in [9.17, 15) is 5.11 Å². The number of nitrogens with zero attached hydrogens (tertiary/aromatic N) is 2. The number of hydrogen-bond donors (Lipinski definition) is 1. The van der Waals surface area contributed by atoms with Gasteiger partial charge in [-0.1, -0.05) is 13.3 Å². The molecule has 3 unspecified atom stereocenters. The molecule has 0 aromatic rings. The van der Waals surface area contributed by atoms with E-state index in [0.29, 0.717) is 6.04 Å². The average Bonchev–Trinajstić information content (AvgIpc) is 2.53. The first-order valence-electron chi connectivity index (χ1n) is 7.87. The van der Waals surface area contributed by atoms with E-state index in [1.807, 2.05) is 0 Å². The lowest BCUT2D eigenvalue weighted by Crippen LogP contribution is -2.46. The van der Waals surface area contributed by atoms with Crippen molar-refractivity contribution in [2.75, 3.05) is 45.9 Å². The molecule has 0 aliphatic carbocycles. The SMILES string of the molecule is CC1CCCC(C)N(CC(O)CN2CCOCC2)C1. The number of aliphatic hydroxyl groups is 1. The van der Waals surface area contributed by atoms with Crippen LogP contribution in [0.1, 0.15) is 33.1 Å². The summed E-state index contributed by atoms with van der Waals surface area (Å²) in [6.07, 6.45) is 3.71. The van der Waals surface area contributed by atoms with Gasteiger partial charge in [-0.25, -0.2) is 0 Å². The van der Waals surface area contributed by atoms with Gasteiger partial charge in [-0.15, -0.1) is 0 Å². The van der Waals surface area contributed by atoms with Gasteiger partial charge in [0.05, 0.1) is 19.3 Å². The Labute approximate surface area is 117 Å². The summed E-state index contributed by atoms with van der Waals surface area (Å²) in [6, 6.07) is 0.615. The van der Waals surface area contributed by atoms with E-state index >= 15 is 0 Å². The first-order chi connectivity index (χ1) is 9.15. The minimum Gasteiger partial charge on any atom is -0.390 e. The molecule has 0 aromatic carbocycles. The van der Waals surface area contributed by atoms with Crippen LogP contribution in [0.15, 0.2) is 0 Å². The highest BCUT2D eigenvalue weighted by Gasteiger charge is 2.24. The maximum Gasteiger partial charge on any atom is 0.0793 e. The molecule has 2 fully saturated rings. The van der Waals surface area contributed by atoms with Crippen molar-refractivity contribution in [3.8, 4) is 0 Å². The lowest BCUT2D eigenvalue weighted by Gasteiger charge is -2.33. The molecule has 0 radical (unpaired) electrons. The Bertz CT molecular complexity index is 257. The standard InChI is InChI=1S/C15H30N2O2/c1-13-4-3-5-14(2)17(10-13)12-15(18)11-16-6-8-19-9-7-16/h13-15,18H,3-12H2,1-2H3. The number of hydrogen-bond acceptors (Lipinski definition) is 4. The molecular formula is C15H30N2O2. The highest BCUT2D eigenvalue weighted by Crippen LogP contribution is 2.20. The fourth-order valence-electron chi connectivity index (χ4n) is 3.28. The van der Waals surface area contributed by atoms with Gasteiger partial charge in [-0.05, 0) is 25.7 Å². The first kappa shape index (κ1) is 15.2. The van der Waals surface area contributed by atoms with Gasteiger partial charge in [0.2, 0.25) is 0 Å². The summed E-state index contributed by atoms with van der Waals surface area (Å²) in [5, 5.41) is 10.3. The average molecular weight is 270 g/mol. The molecule has 1 N–H and O–H groups in total. The third-order valence-electron chi connectivity index (χ3n) is 4.51. The topological polar surface area (TPSA) is 35.9 Å². The van der Waals surface area contributed by atoms with E-state index < -0.39 is 0 Å². The van der Waals surface area contributed by atoms with Crippen LogP contribution in [0.25, 0.3) is 0 Å². The molecule has 0 spiro atoms. The van der Waals surface area contributed by atoms with Crippen molar-refractivity contribution in [1.29, 1.82) is 0 Å².